The fourth-order valence-electron chi connectivity index (χ4n) is 2.75. The highest BCUT2D eigenvalue weighted by Gasteiger charge is 2.26. The fraction of sp³-hybridized carbons (Fsp3) is 0.588. The number of piperidine rings is 1. The zero-order valence-corrected chi connectivity index (χ0v) is 15.4. The molecule has 1 N–H and O–H groups in total. The van der Waals surface area contributed by atoms with Crippen molar-refractivity contribution >= 4 is 22.6 Å². The lowest BCUT2D eigenvalue weighted by atomic mass is 9.96. The van der Waals surface area contributed by atoms with Gasteiger partial charge in [-0.25, -0.2) is 4.98 Å². The molecule has 0 aromatic carbocycles. The monoisotopic (exact) mass is 348 g/mol. The third-order valence-electron chi connectivity index (χ3n) is 4.29. The molecule has 0 atom stereocenters. The smallest absolute Gasteiger partial charge is 0.255 e. The molecule has 2 aromatic heterocycles. The number of carbonyl (C=O) groups excluding carboxylic acids is 1. The summed E-state index contributed by atoms with van der Waals surface area (Å²) >= 11 is 1.46. The molecular weight excluding hydrogens is 324 g/mol. The van der Waals surface area contributed by atoms with Crippen molar-refractivity contribution in [1.29, 1.82) is 0 Å². The molecule has 3 heterocycles. The van der Waals surface area contributed by atoms with Gasteiger partial charge in [-0.15, -0.1) is 0 Å². The number of nitrogens with one attached hydrogen (secondary N) is 1. The maximum Gasteiger partial charge on any atom is 0.255 e. The van der Waals surface area contributed by atoms with E-state index >= 15 is 0 Å². The van der Waals surface area contributed by atoms with Gasteiger partial charge < -0.3 is 14.6 Å². The molecule has 24 heavy (non-hydrogen) atoms. The highest BCUT2D eigenvalue weighted by Crippen LogP contribution is 2.27. The van der Waals surface area contributed by atoms with Crippen LogP contribution in [0.25, 0.3) is 0 Å². The fourth-order valence-corrected chi connectivity index (χ4v) is 3.66. The van der Waals surface area contributed by atoms with Gasteiger partial charge in [0, 0.05) is 36.1 Å². The molecule has 1 aliphatic heterocycles. The molecule has 0 bridgehead atoms. The summed E-state index contributed by atoms with van der Waals surface area (Å²) in [5, 5.41) is 4.09. The van der Waals surface area contributed by atoms with E-state index in [2.05, 4.69) is 40.3 Å². The van der Waals surface area contributed by atoms with E-state index in [9.17, 15) is 4.79 Å². The van der Waals surface area contributed by atoms with Crippen LogP contribution in [0.15, 0.2) is 16.7 Å². The Morgan fingerprint density at radius 1 is 1.38 bits per heavy atom. The Bertz CT molecular complexity index is 708. The topological polar surface area (TPSA) is 71.3 Å². The van der Waals surface area contributed by atoms with E-state index < -0.39 is 0 Å². The van der Waals surface area contributed by atoms with E-state index in [0.29, 0.717) is 11.3 Å². The molecular formula is C17H24N4O2S. The van der Waals surface area contributed by atoms with Gasteiger partial charge in [-0.2, -0.15) is 4.37 Å². The van der Waals surface area contributed by atoms with Crippen molar-refractivity contribution in [3.63, 3.8) is 0 Å². The Morgan fingerprint density at radius 3 is 2.62 bits per heavy atom. The lowest BCUT2D eigenvalue weighted by Gasteiger charge is -2.31. The van der Waals surface area contributed by atoms with Crippen LogP contribution >= 0.6 is 11.5 Å². The number of aromatic nitrogens is 2. The third kappa shape index (κ3) is 3.61. The molecule has 0 spiro atoms. The molecule has 0 radical (unpaired) electrons. The normalized spacial score (nSPS) is 16.4. The van der Waals surface area contributed by atoms with Gasteiger partial charge in [-0.3, -0.25) is 4.79 Å². The van der Waals surface area contributed by atoms with Crippen molar-refractivity contribution in [2.75, 3.05) is 18.0 Å². The van der Waals surface area contributed by atoms with Gasteiger partial charge in [0.1, 0.15) is 11.6 Å². The summed E-state index contributed by atoms with van der Waals surface area (Å²) in [4.78, 5) is 19.2. The molecule has 0 saturated carbocycles. The lowest BCUT2D eigenvalue weighted by molar-refractivity contribution is 0.0929. The average Bonchev–Trinajstić information content (AvgIpc) is 3.16. The van der Waals surface area contributed by atoms with Gasteiger partial charge in [0.2, 0.25) is 5.13 Å². The van der Waals surface area contributed by atoms with Gasteiger partial charge in [0.15, 0.2) is 0 Å². The zero-order valence-electron chi connectivity index (χ0n) is 14.6. The van der Waals surface area contributed by atoms with Crippen LogP contribution in [0.2, 0.25) is 0 Å². The minimum absolute atomic E-state index is 0.0243. The molecule has 6 nitrogen and oxygen atoms in total. The molecule has 1 amide bonds. The van der Waals surface area contributed by atoms with E-state index in [-0.39, 0.29) is 17.4 Å². The van der Waals surface area contributed by atoms with Crippen molar-refractivity contribution < 1.29 is 9.21 Å². The lowest BCUT2D eigenvalue weighted by Crippen LogP contribution is -2.44. The van der Waals surface area contributed by atoms with E-state index in [1.165, 1.54) is 11.5 Å². The van der Waals surface area contributed by atoms with Crippen LogP contribution in [-0.4, -0.2) is 34.4 Å². The van der Waals surface area contributed by atoms with Crippen LogP contribution in [0, 0.1) is 6.92 Å². The summed E-state index contributed by atoms with van der Waals surface area (Å²) in [6, 6.07) is 1.91. The number of furan rings is 1. The zero-order chi connectivity index (χ0) is 17.3. The van der Waals surface area contributed by atoms with Crippen LogP contribution in [0.5, 0.6) is 0 Å². The number of anilines is 1. The maximum atomic E-state index is 12.3. The van der Waals surface area contributed by atoms with E-state index in [0.717, 1.165) is 36.9 Å². The van der Waals surface area contributed by atoms with E-state index in [1.807, 2.05) is 0 Å². The van der Waals surface area contributed by atoms with Crippen molar-refractivity contribution in [2.24, 2.45) is 0 Å². The molecule has 130 valence electrons. The van der Waals surface area contributed by atoms with Gasteiger partial charge in [-0.05, 0) is 25.8 Å². The van der Waals surface area contributed by atoms with Crippen LogP contribution in [0.3, 0.4) is 0 Å². The maximum absolute atomic E-state index is 12.3. The first-order valence-electron chi connectivity index (χ1n) is 8.28. The van der Waals surface area contributed by atoms with Gasteiger partial charge in [0.25, 0.3) is 5.91 Å². The Balaban J connectivity index is 1.55. The predicted molar refractivity (Wildman–Crippen MR) is 94.8 cm³/mol. The molecule has 1 fully saturated rings. The summed E-state index contributed by atoms with van der Waals surface area (Å²) in [5.41, 5.74) is 0.597. The standard InChI is InChI=1S/C17H24N4O2S/c1-11-13(7-10-23-11)14(22)18-12-5-8-21(9-6-12)16-19-15(20-24-16)17(2,3)4/h7,10,12H,5-6,8-9H2,1-4H3,(H,18,22). The Hall–Kier alpha value is -1.89. The summed E-state index contributed by atoms with van der Waals surface area (Å²) in [7, 11) is 0. The highest BCUT2D eigenvalue weighted by molar-refractivity contribution is 7.09. The number of hydrogen-bond donors (Lipinski definition) is 1. The second-order valence-corrected chi connectivity index (χ2v) is 8.01. The van der Waals surface area contributed by atoms with E-state index in [1.54, 1.807) is 19.3 Å². The first-order chi connectivity index (χ1) is 11.3. The molecule has 7 heteroatoms. The average molecular weight is 348 g/mol. The second-order valence-electron chi connectivity index (χ2n) is 7.28. The van der Waals surface area contributed by atoms with Crippen LogP contribution in [0.1, 0.15) is 55.6 Å². The van der Waals surface area contributed by atoms with Crippen molar-refractivity contribution in [2.45, 2.75) is 52.0 Å². The number of amides is 1. The molecule has 2 aromatic rings. The highest BCUT2D eigenvalue weighted by atomic mass is 32.1. The number of aryl methyl sites for hydroxylation is 1. The Morgan fingerprint density at radius 2 is 2.08 bits per heavy atom. The molecule has 1 saturated heterocycles. The molecule has 3 rings (SSSR count). The molecule has 1 aliphatic rings. The van der Waals surface area contributed by atoms with Crippen molar-refractivity contribution in [3.8, 4) is 0 Å². The summed E-state index contributed by atoms with van der Waals surface area (Å²) in [6.07, 6.45) is 3.37. The number of carbonyl (C=O) groups is 1. The quantitative estimate of drug-likeness (QED) is 0.923. The Kier molecular flexibility index (Phi) is 4.62. The van der Waals surface area contributed by atoms with Crippen LogP contribution in [-0.2, 0) is 5.41 Å². The van der Waals surface area contributed by atoms with Gasteiger partial charge >= 0.3 is 0 Å². The summed E-state index contributed by atoms with van der Waals surface area (Å²) in [5.74, 6) is 1.51. The summed E-state index contributed by atoms with van der Waals surface area (Å²) in [6.45, 7) is 9.94. The predicted octanol–water partition coefficient (Wildman–Crippen LogP) is 3.14. The molecule has 0 unspecified atom stereocenters. The Labute approximate surface area is 146 Å². The second kappa shape index (κ2) is 6.55. The minimum Gasteiger partial charge on any atom is -0.469 e. The number of hydrogen-bond acceptors (Lipinski definition) is 6. The molecule has 0 aliphatic carbocycles. The van der Waals surface area contributed by atoms with Crippen LogP contribution < -0.4 is 10.2 Å². The van der Waals surface area contributed by atoms with Crippen molar-refractivity contribution in [1.82, 2.24) is 14.7 Å². The van der Waals surface area contributed by atoms with Gasteiger partial charge in [0.05, 0.1) is 11.8 Å². The van der Waals surface area contributed by atoms with Crippen LogP contribution in [0.4, 0.5) is 5.13 Å². The minimum atomic E-state index is -0.0503. The first kappa shape index (κ1) is 17.0. The van der Waals surface area contributed by atoms with Crippen molar-refractivity contribution in [3.05, 3.63) is 29.5 Å². The number of nitrogens with zero attached hydrogens (tertiary/aromatic N) is 3. The largest absolute Gasteiger partial charge is 0.469 e. The number of rotatable bonds is 3. The SMILES string of the molecule is Cc1occc1C(=O)NC1CCN(c2nc(C(C)(C)C)ns2)CC1. The van der Waals surface area contributed by atoms with E-state index in [4.69, 9.17) is 4.42 Å². The van der Waals surface area contributed by atoms with Gasteiger partial charge in [-0.1, -0.05) is 20.8 Å². The summed E-state index contributed by atoms with van der Waals surface area (Å²) < 4.78 is 9.68. The third-order valence-corrected chi connectivity index (χ3v) is 5.07. The first-order valence-corrected chi connectivity index (χ1v) is 9.06.